The first kappa shape index (κ1) is 24.1. The second kappa shape index (κ2) is 10.1. The average molecular weight is 487 g/mol. The normalized spacial score (nSPS) is 14.6. The van der Waals surface area contributed by atoms with Crippen LogP contribution in [0.5, 0.6) is 11.5 Å². The van der Waals surface area contributed by atoms with Gasteiger partial charge in [0.25, 0.3) is 17.5 Å². The minimum Gasteiger partial charge on any atom is -0.493 e. The lowest BCUT2D eigenvalue weighted by Crippen LogP contribution is -2.54. The first-order valence-corrected chi connectivity index (χ1v) is 10.8. The standard InChI is InChI=1S/C26H21N3O7/c1-16-5-3-7-19(11-16)28-25(31)21(24(30)27-26(28)32)13-17-9-10-22(23(14-17)35-2)36-15-18-6-4-8-20(12-18)29(33)34/h3-14H,15H2,1-2H3,(H,27,30,32)/b21-13+. The summed E-state index contributed by atoms with van der Waals surface area (Å²) in [6.45, 7) is 1.89. The number of benzene rings is 3. The van der Waals surface area contributed by atoms with Crippen LogP contribution in [0, 0.1) is 17.0 Å². The summed E-state index contributed by atoms with van der Waals surface area (Å²) >= 11 is 0. The summed E-state index contributed by atoms with van der Waals surface area (Å²) in [5, 5.41) is 13.2. The Morgan fingerprint density at radius 1 is 1.00 bits per heavy atom. The van der Waals surface area contributed by atoms with Crippen molar-refractivity contribution in [1.82, 2.24) is 5.32 Å². The van der Waals surface area contributed by atoms with Crippen molar-refractivity contribution < 1.29 is 28.8 Å². The Kier molecular flexibility index (Phi) is 6.77. The van der Waals surface area contributed by atoms with Crippen molar-refractivity contribution in [3.05, 3.63) is 99.1 Å². The molecule has 1 heterocycles. The maximum atomic E-state index is 13.1. The van der Waals surface area contributed by atoms with E-state index in [-0.39, 0.29) is 17.9 Å². The molecule has 3 aromatic carbocycles. The third-order valence-corrected chi connectivity index (χ3v) is 5.38. The fourth-order valence-corrected chi connectivity index (χ4v) is 3.64. The SMILES string of the molecule is COc1cc(/C=C2\C(=O)NC(=O)N(c3cccc(C)c3)C2=O)ccc1OCc1cccc([N+](=O)[O-])c1. The van der Waals surface area contributed by atoms with Crippen molar-refractivity contribution >= 4 is 35.3 Å². The van der Waals surface area contributed by atoms with Crippen molar-refractivity contribution in [1.29, 1.82) is 0 Å². The highest BCUT2D eigenvalue weighted by Crippen LogP contribution is 2.31. The van der Waals surface area contributed by atoms with Gasteiger partial charge in [-0.3, -0.25) is 25.0 Å². The van der Waals surface area contributed by atoms with Crippen molar-refractivity contribution in [2.75, 3.05) is 12.0 Å². The van der Waals surface area contributed by atoms with E-state index in [4.69, 9.17) is 9.47 Å². The van der Waals surface area contributed by atoms with Crippen LogP contribution in [0.25, 0.3) is 6.08 Å². The van der Waals surface area contributed by atoms with Gasteiger partial charge in [0.1, 0.15) is 12.2 Å². The molecule has 4 amide bonds. The summed E-state index contributed by atoms with van der Waals surface area (Å²) in [6, 6.07) is 16.9. The van der Waals surface area contributed by atoms with Gasteiger partial charge in [-0.25, -0.2) is 9.69 Å². The van der Waals surface area contributed by atoms with E-state index in [1.54, 1.807) is 48.5 Å². The number of carbonyl (C=O) groups excluding carboxylic acids is 3. The van der Waals surface area contributed by atoms with E-state index in [0.717, 1.165) is 10.5 Å². The molecule has 4 rings (SSSR count). The molecule has 0 aliphatic carbocycles. The number of hydrogen-bond donors (Lipinski definition) is 1. The van der Waals surface area contributed by atoms with E-state index in [2.05, 4.69) is 5.32 Å². The van der Waals surface area contributed by atoms with Gasteiger partial charge in [0.05, 0.1) is 17.7 Å². The molecule has 0 radical (unpaired) electrons. The van der Waals surface area contributed by atoms with Gasteiger partial charge >= 0.3 is 6.03 Å². The van der Waals surface area contributed by atoms with Gasteiger partial charge in [-0.15, -0.1) is 0 Å². The molecule has 0 saturated carbocycles. The van der Waals surface area contributed by atoms with Crippen molar-refractivity contribution in [2.45, 2.75) is 13.5 Å². The maximum absolute atomic E-state index is 13.1. The van der Waals surface area contributed by atoms with Crippen LogP contribution in [-0.4, -0.2) is 29.9 Å². The van der Waals surface area contributed by atoms with E-state index < -0.39 is 22.8 Å². The van der Waals surface area contributed by atoms with Gasteiger partial charge in [0, 0.05) is 12.1 Å². The van der Waals surface area contributed by atoms with E-state index in [1.807, 2.05) is 13.0 Å². The maximum Gasteiger partial charge on any atom is 0.335 e. The highest BCUT2D eigenvalue weighted by molar-refractivity contribution is 6.39. The van der Waals surface area contributed by atoms with E-state index in [0.29, 0.717) is 28.3 Å². The zero-order chi connectivity index (χ0) is 25.8. The second-order valence-corrected chi connectivity index (χ2v) is 7.92. The van der Waals surface area contributed by atoms with E-state index >= 15 is 0 Å². The van der Waals surface area contributed by atoms with Gasteiger partial charge in [-0.05, 0) is 54.0 Å². The number of ether oxygens (including phenoxy) is 2. The second-order valence-electron chi connectivity index (χ2n) is 7.92. The van der Waals surface area contributed by atoms with Gasteiger partial charge in [0.15, 0.2) is 11.5 Å². The molecule has 1 fully saturated rings. The molecular formula is C26H21N3O7. The molecule has 10 nitrogen and oxygen atoms in total. The van der Waals surface area contributed by atoms with Crippen molar-refractivity contribution in [3.63, 3.8) is 0 Å². The summed E-state index contributed by atoms with van der Waals surface area (Å²) < 4.78 is 11.2. The number of nitro groups is 1. The largest absolute Gasteiger partial charge is 0.493 e. The molecule has 1 aliphatic rings. The Morgan fingerprint density at radius 2 is 1.78 bits per heavy atom. The molecule has 3 aromatic rings. The minimum absolute atomic E-state index is 0.0429. The fraction of sp³-hybridized carbons (Fsp3) is 0.115. The smallest absolute Gasteiger partial charge is 0.335 e. The molecule has 0 unspecified atom stereocenters. The Labute approximate surface area is 205 Å². The Morgan fingerprint density at radius 3 is 2.50 bits per heavy atom. The highest BCUT2D eigenvalue weighted by Gasteiger charge is 2.36. The van der Waals surface area contributed by atoms with E-state index in [1.165, 1.54) is 25.3 Å². The predicted octanol–water partition coefficient (Wildman–Crippen LogP) is 4.16. The molecule has 36 heavy (non-hydrogen) atoms. The van der Waals surface area contributed by atoms with Crippen LogP contribution in [0.15, 0.2) is 72.3 Å². The zero-order valence-electron chi connectivity index (χ0n) is 19.4. The van der Waals surface area contributed by atoms with Crippen LogP contribution in [-0.2, 0) is 16.2 Å². The topological polar surface area (TPSA) is 128 Å². The number of nitrogens with one attached hydrogen (secondary N) is 1. The Balaban J connectivity index is 1.58. The number of barbiturate groups is 1. The predicted molar refractivity (Wildman–Crippen MR) is 131 cm³/mol. The number of rotatable bonds is 7. The molecule has 0 bridgehead atoms. The number of methoxy groups -OCH3 is 1. The third-order valence-electron chi connectivity index (χ3n) is 5.38. The molecular weight excluding hydrogens is 466 g/mol. The van der Waals surface area contributed by atoms with Crippen LogP contribution in [0.1, 0.15) is 16.7 Å². The monoisotopic (exact) mass is 487 g/mol. The van der Waals surface area contributed by atoms with Crippen LogP contribution in [0.2, 0.25) is 0 Å². The summed E-state index contributed by atoms with van der Waals surface area (Å²) in [7, 11) is 1.43. The molecule has 0 aromatic heterocycles. The summed E-state index contributed by atoms with van der Waals surface area (Å²) in [5.74, 6) is -0.870. The number of carbonyl (C=O) groups is 3. The Bertz CT molecular complexity index is 1410. The fourth-order valence-electron chi connectivity index (χ4n) is 3.64. The first-order chi connectivity index (χ1) is 17.3. The molecule has 0 spiro atoms. The number of hydrogen-bond acceptors (Lipinski definition) is 7. The molecule has 182 valence electrons. The zero-order valence-corrected chi connectivity index (χ0v) is 19.4. The van der Waals surface area contributed by atoms with E-state index in [9.17, 15) is 24.5 Å². The quantitative estimate of drug-likeness (QED) is 0.229. The van der Waals surface area contributed by atoms with Crippen LogP contribution in [0.3, 0.4) is 0 Å². The molecule has 1 aliphatic heterocycles. The lowest BCUT2D eigenvalue weighted by atomic mass is 10.1. The van der Waals surface area contributed by atoms with Gasteiger partial charge in [-0.2, -0.15) is 0 Å². The third kappa shape index (κ3) is 5.07. The summed E-state index contributed by atoms with van der Waals surface area (Å²) in [6.07, 6.45) is 1.36. The van der Waals surface area contributed by atoms with Gasteiger partial charge < -0.3 is 9.47 Å². The lowest BCUT2D eigenvalue weighted by Gasteiger charge is -2.26. The number of imide groups is 2. The summed E-state index contributed by atoms with van der Waals surface area (Å²) in [4.78, 5) is 49.3. The molecule has 0 atom stereocenters. The molecule has 1 saturated heterocycles. The number of anilines is 1. The lowest BCUT2D eigenvalue weighted by molar-refractivity contribution is -0.384. The summed E-state index contributed by atoms with van der Waals surface area (Å²) in [5.41, 5.74) is 2.00. The number of non-ortho nitro benzene ring substituents is 1. The first-order valence-electron chi connectivity index (χ1n) is 10.8. The number of nitro benzene ring substituents is 1. The van der Waals surface area contributed by atoms with Crippen molar-refractivity contribution in [3.8, 4) is 11.5 Å². The molecule has 10 heteroatoms. The number of amides is 4. The van der Waals surface area contributed by atoms with Crippen LogP contribution in [0.4, 0.5) is 16.2 Å². The molecule has 1 N–H and O–H groups in total. The van der Waals surface area contributed by atoms with Crippen LogP contribution < -0.4 is 19.7 Å². The number of nitrogens with zero attached hydrogens (tertiary/aromatic N) is 2. The van der Waals surface area contributed by atoms with Crippen LogP contribution >= 0.6 is 0 Å². The minimum atomic E-state index is -0.824. The number of aryl methyl sites for hydroxylation is 1. The van der Waals surface area contributed by atoms with Gasteiger partial charge in [0.2, 0.25) is 0 Å². The number of urea groups is 1. The Hall–Kier alpha value is -4.99. The van der Waals surface area contributed by atoms with Crippen molar-refractivity contribution in [2.24, 2.45) is 0 Å². The van der Waals surface area contributed by atoms with Gasteiger partial charge in [-0.1, -0.05) is 30.3 Å². The highest BCUT2D eigenvalue weighted by atomic mass is 16.6. The average Bonchev–Trinajstić information content (AvgIpc) is 2.85.